The number of amides is 1. The van der Waals surface area contributed by atoms with Gasteiger partial charge in [-0.3, -0.25) is 9.89 Å². The molecule has 8 nitrogen and oxygen atoms in total. The van der Waals surface area contributed by atoms with Crippen molar-refractivity contribution in [1.82, 2.24) is 20.5 Å². The van der Waals surface area contributed by atoms with E-state index in [0.29, 0.717) is 52.5 Å². The van der Waals surface area contributed by atoms with Gasteiger partial charge in [-0.25, -0.2) is 4.98 Å². The molecule has 8 heteroatoms. The van der Waals surface area contributed by atoms with Crippen LogP contribution >= 0.6 is 0 Å². The van der Waals surface area contributed by atoms with Crippen LogP contribution < -0.4 is 19.5 Å². The average molecular weight is 509 g/mol. The summed E-state index contributed by atoms with van der Waals surface area (Å²) in [6.07, 6.45) is 0.622. The summed E-state index contributed by atoms with van der Waals surface area (Å²) in [4.78, 5) is 18.4. The summed E-state index contributed by atoms with van der Waals surface area (Å²) < 4.78 is 16.3. The van der Waals surface area contributed by atoms with Crippen molar-refractivity contribution in [2.75, 3.05) is 27.9 Å². The molecule has 0 aliphatic rings. The number of benzene rings is 3. The highest BCUT2D eigenvalue weighted by atomic mass is 16.5. The smallest absolute Gasteiger partial charge is 0.252 e. The maximum absolute atomic E-state index is 13.6. The van der Waals surface area contributed by atoms with Crippen LogP contribution in [0.25, 0.3) is 33.5 Å². The number of rotatable bonds is 9. The number of para-hydroxylation sites is 1. The molecule has 0 saturated heterocycles. The molecule has 0 atom stereocenters. The van der Waals surface area contributed by atoms with E-state index in [0.717, 1.165) is 22.4 Å². The molecule has 38 heavy (non-hydrogen) atoms. The number of aromatic nitrogens is 3. The van der Waals surface area contributed by atoms with Gasteiger partial charge in [0.2, 0.25) is 0 Å². The van der Waals surface area contributed by atoms with Gasteiger partial charge in [0.05, 0.1) is 43.7 Å². The zero-order valence-corrected chi connectivity index (χ0v) is 21.4. The minimum absolute atomic E-state index is 0.215. The van der Waals surface area contributed by atoms with Crippen LogP contribution in [0, 0.1) is 0 Å². The number of nitrogens with zero attached hydrogens (tertiary/aromatic N) is 2. The topological polar surface area (TPSA) is 98.4 Å². The van der Waals surface area contributed by atoms with Crippen molar-refractivity contribution in [1.29, 1.82) is 0 Å². The summed E-state index contributed by atoms with van der Waals surface area (Å²) in [6.45, 7) is 0.431. The van der Waals surface area contributed by atoms with E-state index in [4.69, 9.17) is 19.2 Å². The highest BCUT2D eigenvalue weighted by molar-refractivity contribution is 6.11. The molecule has 2 aromatic heterocycles. The minimum Gasteiger partial charge on any atom is -0.496 e. The van der Waals surface area contributed by atoms with Crippen molar-refractivity contribution in [2.45, 2.75) is 6.42 Å². The van der Waals surface area contributed by atoms with E-state index >= 15 is 0 Å². The molecule has 2 N–H and O–H groups in total. The number of aromatic amines is 1. The summed E-state index contributed by atoms with van der Waals surface area (Å²) in [5, 5.41) is 11.3. The first-order valence-electron chi connectivity index (χ1n) is 12.2. The molecule has 1 amide bonds. The predicted octanol–water partition coefficient (Wildman–Crippen LogP) is 5.29. The quantitative estimate of drug-likeness (QED) is 0.281. The number of pyridine rings is 1. The SMILES string of the molecule is COc1ccc(CCNC(=O)c2cc(-c3ccccc3OC)nc3n[nH]c(-c4ccccc4)c23)cc1OC. The highest BCUT2D eigenvalue weighted by Crippen LogP contribution is 2.34. The zero-order chi connectivity index (χ0) is 26.5. The first kappa shape index (κ1) is 24.8. The van der Waals surface area contributed by atoms with E-state index in [2.05, 4.69) is 15.5 Å². The van der Waals surface area contributed by atoms with Crippen LogP contribution in [-0.4, -0.2) is 49.0 Å². The van der Waals surface area contributed by atoms with E-state index in [-0.39, 0.29) is 5.91 Å². The number of methoxy groups -OCH3 is 3. The van der Waals surface area contributed by atoms with Gasteiger partial charge in [0.15, 0.2) is 17.1 Å². The Hall–Kier alpha value is -4.85. The largest absolute Gasteiger partial charge is 0.496 e. The average Bonchev–Trinajstić information content (AvgIpc) is 3.41. The third-order valence-electron chi connectivity index (χ3n) is 6.36. The second-order valence-electron chi connectivity index (χ2n) is 8.61. The molecule has 192 valence electrons. The summed E-state index contributed by atoms with van der Waals surface area (Å²) >= 11 is 0. The number of nitrogens with one attached hydrogen (secondary N) is 2. The maximum Gasteiger partial charge on any atom is 0.252 e. The van der Waals surface area contributed by atoms with E-state index in [1.807, 2.05) is 72.8 Å². The third kappa shape index (κ3) is 4.88. The lowest BCUT2D eigenvalue weighted by atomic mass is 10.0. The molecule has 0 aliphatic heterocycles. The lowest BCUT2D eigenvalue weighted by Crippen LogP contribution is -2.26. The Labute approximate surface area is 220 Å². The van der Waals surface area contributed by atoms with Gasteiger partial charge in [-0.15, -0.1) is 0 Å². The van der Waals surface area contributed by atoms with Gasteiger partial charge < -0.3 is 19.5 Å². The molecule has 0 fully saturated rings. The molecule has 0 unspecified atom stereocenters. The molecular formula is C30H28N4O4. The lowest BCUT2D eigenvalue weighted by Gasteiger charge is -2.12. The molecule has 0 saturated carbocycles. The molecule has 3 aromatic carbocycles. The van der Waals surface area contributed by atoms with Crippen molar-refractivity contribution >= 4 is 16.9 Å². The summed E-state index contributed by atoms with van der Waals surface area (Å²) in [5.74, 6) is 1.77. The van der Waals surface area contributed by atoms with E-state index in [9.17, 15) is 4.79 Å². The number of H-pyrrole nitrogens is 1. The monoisotopic (exact) mass is 508 g/mol. The Morgan fingerprint density at radius 2 is 1.58 bits per heavy atom. The number of ether oxygens (including phenoxy) is 3. The fourth-order valence-corrected chi connectivity index (χ4v) is 4.46. The molecule has 5 rings (SSSR count). The van der Waals surface area contributed by atoms with Crippen LogP contribution in [0.4, 0.5) is 0 Å². The van der Waals surface area contributed by atoms with Crippen LogP contribution in [0.1, 0.15) is 15.9 Å². The van der Waals surface area contributed by atoms with Gasteiger partial charge in [-0.1, -0.05) is 48.5 Å². The van der Waals surface area contributed by atoms with E-state index in [1.165, 1.54) is 0 Å². The second-order valence-corrected chi connectivity index (χ2v) is 8.61. The molecule has 0 spiro atoms. The minimum atomic E-state index is -0.215. The van der Waals surface area contributed by atoms with Crippen LogP contribution in [-0.2, 0) is 6.42 Å². The summed E-state index contributed by atoms with van der Waals surface area (Å²) in [7, 11) is 4.82. The highest BCUT2D eigenvalue weighted by Gasteiger charge is 2.21. The molecule has 5 aromatic rings. The molecule has 0 aliphatic carbocycles. The van der Waals surface area contributed by atoms with Crippen molar-refractivity contribution in [2.24, 2.45) is 0 Å². The van der Waals surface area contributed by atoms with Gasteiger partial charge >= 0.3 is 0 Å². The van der Waals surface area contributed by atoms with Crippen molar-refractivity contribution in [3.63, 3.8) is 0 Å². The predicted molar refractivity (Wildman–Crippen MR) is 147 cm³/mol. The van der Waals surface area contributed by atoms with Crippen LogP contribution in [0.15, 0.2) is 78.9 Å². The first-order chi connectivity index (χ1) is 18.6. The molecule has 2 heterocycles. The Morgan fingerprint density at radius 1 is 0.842 bits per heavy atom. The number of carbonyl (C=O) groups excluding carboxylic acids is 1. The standard InChI is InChI=1S/C30H28N4O4/c1-36-24-12-8-7-11-21(24)23-18-22(27-28(33-34-29(27)32-23)20-9-5-4-6-10-20)30(35)31-16-15-19-13-14-25(37-2)26(17-19)38-3/h4-14,17-18H,15-16H2,1-3H3,(H,31,35)(H,32,33,34). The van der Waals surface area contributed by atoms with Crippen molar-refractivity contribution in [3.8, 4) is 39.8 Å². The van der Waals surface area contributed by atoms with Crippen LogP contribution in [0.3, 0.4) is 0 Å². The van der Waals surface area contributed by atoms with Gasteiger partial charge in [-0.05, 0) is 42.3 Å². The molecule has 0 radical (unpaired) electrons. The number of hydrogen-bond donors (Lipinski definition) is 2. The number of carbonyl (C=O) groups is 1. The Bertz CT molecular complexity index is 1580. The van der Waals surface area contributed by atoms with Crippen LogP contribution in [0.5, 0.6) is 17.2 Å². The summed E-state index contributed by atoms with van der Waals surface area (Å²) in [5.41, 5.74) is 5.00. The van der Waals surface area contributed by atoms with Gasteiger partial charge in [0.25, 0.3) is 5.91 Å². The molecule has 0 bridgehead atoms. The normalized spacial score (nSPS) is 10.8. The van der Waals surface area contributed by atoms with Gasteiger partial charge in [0.1, 0.15) is 5.75 Å². The second kappa shape index (κ2) is 11.0. The first-order valence-corrected chi connectivity index (χ1v) is 12.2. The maximum atomic E-state index is 13.6. The van der Waals surface area contributed by atoms with E-state index < -0.39 is 0 Å². The van der Waals surface area contributed by atoms with Crippen molar-refractivity contribution in [3.05, 3.63) is 90.0 Å². The zero-order valence-electron chi connectivity index (χ0n) is 21.4. The number of fused-ring (bicyclic) bond motifs is 1. The van der Waals surface area contributed by atoms with E-state index in [1.54, 1.807) is 27.4 Å². The Balaban J connectivity index is 1.50. The van der Waals surface area contributed by atoms with Gasteiger partial charge in [-0.2, -0.15) is 5.10 Å². The third-order valence-corrected chi connectivity index (χ3v) is 6.36. The van der Waals surface area contributed by atoms with Gasteiger partial charge in [0, 0.05) is 17.7 Å². The van der Waals surface area contributed by atoms with Crippen LogP contribution in [0.2, 0.25) is 0 Å². The lowest BCUT2D eigenvalue weighted by molar-refractivity contribution is 0.0955. The van der Waals surface area contributed by atoms with Crippen molar-refractivity contribution < 1.29 is 19.0 Å². The fraction of sp³-hybridized carbons (Fsp3) is 0.167. The summed E-state index contributed by atoms with van der Waals surface area (Å²) in [6, 6.07) is 24.9. The number of hydrogen-bond acceptors (Lipinski definition) is 6. The molecular weight excluding hydrogens is 480 g/mol. The fourth-order valence-electron chi connectivity index (χ4n) is 4.46. The Kier molecular flexibility index (Phi) is 7.21. The Morgan fingerprint density at radius 3 is 2.34 bits per heavy atom.